The Labute approximate surface area is 128 Å². The number of urea groups is 1. The van der Waals surface area contributed by atoms with Crippen molar-refractivity contribution < 1.29 is 24.0 Å². The summed E-state index contributed by atoms with van der Waals surface area (Å²) in [5, 5.41) is 2.30. The molecule has 0 radical (unpaired) electrons. The van der Waals surface area contributed by atoms with Crippen molar-refractivity contribution in [3.63, 3.8) is 0 Å². The Morgan fingerprint density at radius 1 is 1.09 bits per heavy atom. The van der Waals surface area contributed by atoms with Crippen LogP contribution in [0.1, 0.15) is 13.8 Å². The van der Waals surface area contributed by atoms with Crippen molar-refractivity contribution in [3.8, 4) is 0 Å². The molecule has 9 nitrogen and oxygen atoms in total. The number of amides is 6. The molecule has 1 saturated heterocycles. The van der Waals surface area contributed by atoms with Gasteiger partial charge >= 0.3 is 17.8 Å². The fraction of sp³-hybridized carbons (Fsp3) is 0.615. The number of nitrogens with zero attached hydrogens (tertiary/aromatic N) is 3. The molecule has 6 amide bonds. The molecule has 0 aliphatic carbocycles. The van der Waals surface area contributed by atoms with E-state index in [1.165, 1.54) is 19.0 Å². The van der Waals surface area contributed by atoms with E-state index in [9.17, 15) is 24.0 Å². The van der Waals surface area contributed by atoms with Gasteiger partial charge in [-0.05, 0) is 5.92 Å². The van der Waals surface area contributed by atoms with Gasteiger partial charge in [0.25, 0.3) is 0 Å². The van der Waals surface area contributed by atoms with E-state index in [0.29, 0.717) is 4.90 Å². The number of imide groups is 2. The molecule has 1 fully saturated rings. The average molecular weight is 312 g/mol. The quantitative estimate of drug-likeness (QED) is 0.481. The van der Waals surface area contributed by atoms with Crippen LogP contribution in [-0.4, -0.2) is 78.1 Å². The number of likely N-dealkylation sites (N-methyl/N-ethyl adjacent to an activating group) is 1. The summed E-state index contributed by atoms with van der Waals surface area (Å²) < 4.78 is 0. The van der Waals surface area contributed by atoms with Crippen LogP contribution in [0, 0.1) is 5.92 Å². The minimum atomic E-state index is -1.03. The predicted molar refractivity (Wildman–Crippen MR) is 75.4 cm³/mol. The molecule has 0 aromatic rings. The fourth-order valence-corrected chi connectivity index (χ4v) is 1.75. The summed E-state index contributed by atoms with van der Waals surface area (Å²) in [4.78, 5) is 61.2. The molecule has 22 heavy (non-hydrogen) atoms. The topological polar surface area (TPSA) is 107 Å². The molecule has 1 aliphatic rings. The van der Waals surface area contributed by atoms with Gasteiger partial charge in [-0.15, -0.1) is 0 Å². The van der Waals surface area contributed by atoms with Crippen LogP contribution in [0.2, 0.25) is 0 Å². The molecule has 0 unspecified atom stereocenters. The van der Waals surface area contributed by atoms with Crippen molar-refractivity contribution in [2.24, 2.45) is 5.92 Å². The summed E-state index contributed by atoms with van der Waals surface area (Å²) >= 11 is 0. The molecule has 1 rings (SSSR count). The van der Waals surface area contributed by atoms with Gasteiger partial charge in [0, 0.05) is 20.6 Å². The van der Waals surface area contributed by atoms with Crippen LogP contribution >= 0.6 is 0 Å². The molecule has 0 atom stereocenters. The molecular formula is C13H20N4O5. The highest BCUT2D eigenvalue weighted by Gasteiger charge is 2.45. The van der Waals surface area contributed by atoms with Gasteiger partial charge in [0.2, 0.25) is 11.8 Å². The zero-order chi connectivity index (χ0) is 17.0. The third-order valence-electron chi connectivity index (χ3n) is 2.92. The first-order chi connectivity index (χ1) is 10.1. The fourth-order valence-electron chi connectivity index (χ4n) is 1.75. The highest BCUT2D eigenvalue weighted by Crippen LogP contribution is 2.13. The number of carbonyl (C=O) groups excluding carboxylic acids is 5. The lowest BCUT2D eigenvalue weighted by atomic mass is 10.2. The van der Waals surface area contributed by atoms with Gasteiger partial charge in [-0.3, -0.25) is 24.1 Å². The number of nitrogens with one attached hydrogen (secondary N) is 1. The highest BCUT2D eigenvalue weighted by atomic mass is 16.2. The molecule has 1 aliphatic heterocycles. The lowest BCUT2D eigenvalue weighted by Gasteiger charge is -2.17. The van der Waals surface area contributed by atoms with Crippen molar-refractivity contribution in [3.05, 3.63) is 0 Å². The Kier molecular flexibility index (Phi) is 5.61. The van der Waals surface area contributed by atoms with Crippen LogP contribution in [0.4, 0.5) is 4.79 Å². The van der Waals surface area contributed by atoms with Gasteiger partial charge in [0.15, 0.2) is 0 Å². The van der Waals surface area contributed by atoms with Crippen LogP contribution in [-0.2, 0) is 19.2 Å². The Hall–Kier alpha value is -2.45. The van der Waals surface area contributed by atoms with Crippen LogP contribution in [0.5, 0.6) is 0 Å². The molecule has 0 spiro atoms. The average Bonchev–Trinajstić information content (AvgIpc) is 2.62. The molecule has 0 saturated carbocycles. The van der Waals surface area contributed by atoms with Crippen molar-refractivity contribution >= 4 is 29.7 Å². The molecule has 1 N–H and O–H groups in total. The summed E-state index contributed by atoms with van der Waals surface area (Å²) in [5.41, 5.74) is 0. The van der Waals surface area contributed by atoms with E-state index in [2.05, 4.69) is 5.32 Å². The second-order valence-electron chi connectivity index (χ2n) is 5.55. The van der Waals surface area contributed by atoms with E-state index >= 15 is 0 Å². The molecule has 9 heteroatoms. The second kappa shape index (κ2) is 7.01. The molecular weight excluding hydrogens is 292 g/mol. The minimum absolute atomic E-state index is 0.00666. The molecule has 122 valence electrons. The first-order valence-corrected chi connectivity index (χ1v) is 6.79. The second-order valence-corrected chi connectivity index (χ2v) is 5.55. The smallest absolute Gasteiger partial charge is 0.334 e. The number of carbonyl (C=O) groups is 5. The molecule has 0 aromatic heterocycles. The lowest BCUT2D eigenvalue weighted by Crippen LogP contribution is -2.44. The first-order valence-electron chi connectivity index (χ1n) is 6.79. The molecule has 1 heterocycles. The van der Waals surface area contributed by atoms with Crippen molar-refractivity contribution in [1.29, 1.82) is 0 Å². The zero-order valence-corrected chi connectivity index (χ0v) is 13.1. The number of rotatable bonds is 6. The van der Waals surface area contributed by atoms with Crippen LogP contribution in [0.15, 0.2) is 0 Å². The number of hydrogen-bond acceptors (Lipinski definition) is 5. The van der Waals surface area contributed by atoms with Crippen LogP contribution < -0.4 is 5.32 Å². The summed E-state index contributed by atoms with van der Waals surface area (Å²) in [6.45, 7) is 2.88. The highest BCUT2D eigenvalue weighted by molar-refractivity contribution is 6.45. The number of hydrogen-bond donors (Lipinski definition) is 1. The van der Waals surface area contributed by atoms with Crippen molar-refractivity contribution in [1.82, 2.24) is 20.0 Å². The van der Waals surface area contributed by atoms with E-state index < -0.39 is 30.3 Å². The summed E-state index contributed by atoms with van der Waals surface area (Å²) in [5.74, 6) is -2.97. The zero-order valence-electron chi connectivity index (χ0n) is 13.1. The monoisotopic (exact) mass is 312 g/mol. The standard InChI is InChI=1S/C13H20N4O5/c1-8(2)6-16-11(20)12(21)17(13(16)22)7-9(18)14-5-10(19)15(3)4/h8H,5-7H2,1-4H3,(H,14,18). The first kappa shape index (κ1) is 17.6. The SMILES string of the molecule is CC(C)CN1C(=O)C(=O)N(CC(=O)NCC(=O)N(C)C)C1=O. The maximum atomic E-state index is 12.0. The lowest BCUT2D eigenvalue weighted by molar-refractivity contribution is -0.144. The van der Waals surface area contributed by atoms with Gasteiger partial charge < -0.3 is 10.2 Å². The van der Waals surface area contributed by atoms with Gasteiger partial charge in [-0.1, -0.05) is 13.8 Å². The van der Waals surface area contributed by atoms with Gasteiger partial charge in [-0.25, -0.2) is 9.69 Å². The Morgan fingerprint density at radius 2 is 1.64 bits per heavy atom. The Bertz CT molecular complexity index is 515. The van der Waals surface area contributed by atoms with E-state index in [4.69, 9.17) is 0 Å². The van der Waals surface area contributed by atoms with E-state index in [0.717, 1.165) is 4.90 Å². The van der Waals surface area contributed by atoms with Crippen LogP contribution in [0.25, 0.3) is 0 Å². The Morgan fingerprint density at radius 3 is 2.14 bits per heavy atom. The van der Waals surface area contributed by atoms with Gasteiger partial charge in [0.1, 0.15) is 6.54 Å². The predicted octanol–water partition coefficient (Wildman–Crippen LogP) is -1.36. The van der Waals surface area contributed by atoms with Crippen LogP contribution in [0.3, 0.4) is 0 Å². The minimum Gasteiger partial charge on any atom is -0.347 e. The van der Waals surface area contributed by atoms with Crippen molar-refractivity contribution in [2.75, 3.05) is 33.7 Å². The maximum Gasteiger partial charge on any atom is 0.334 e. The van der Waals surface area contributed by atoms with E-state index in [-0.39, 0.29) is 24.9 Å². The van der Waals surface area contributed by atoms with Crippen molar-refractivity contribution in [2.45, 2.75) is 13.8 Å². The molecule has 0 bridgehead atoms. The summed E-state index contributed by atoms with van der Waals surface area (Å²) in [7, 11) is 3.06. The van der Waals surface area contributed by atoms with E-state index in [1.807, 2.05) is 0 Å². The third-order valence-corrected chi connectivity index (χ3v) is 2.92. The molecule has 0 aromatic carbocycles. The normalized spacial score (nSPS) is 14.9. The maximum absolute atomic E-state index is 12.0. The largest absolute Gasteiger partial charge is 0.347 e. The Balaban J connectivity index is 2.63. The third kappa shape index (κ3) is 4.03. The van der Waals surface area contributed by atoms with Gasteiger partial charge in [-0.2, -0.15) is 0 Å². The summed E-state index contributed by atoms with van der Waals surface area (Å²) in [6, 6.07) is -0.808. The van der Waals surface area contributed by atoms with E-state index in [1.54, 1.807) is 13.8 Å². The summed E-state index contributed by atoms with van der Waals surface area (Å²) in [6.07, 6.45) is 0. The van der Waals surface area contributed by atoms with Gasteiger partial charge in [0.05, 0.1) is 6.54 Å².